The normalized spacial score (nSPS) is 25.3. The van der Waals surface area contributed by atoms with Crippen LogP contribution in [0.1, 0.15) is 32.6 Å². The molecule has 1 aromatic carbocycles. The predicted molar refractivity (Wildman–Crippen MR) is 85.3 cm³/mol. The Kier molecular flexibility index (Phi) is 4.16. The van der Waals surface area contributed by atoms with Gasteiger partial charge in [0.15, 0.2) is 0 Å². The third-order valence-corrected chi connectivity index (χ3v) is 4.81. The largest absolute Gasteiger partial charge is 0.392 e. The second-order valence-electron chi connectivity index (χ2n) is 6.55. The number of nitrogens with zero attached hydrogens (tertiary/aromatic N) is 2. The van der Waals surface area contributed by atoms with Gasteiger partial charge in [-0.25, -0.2) is 0 Å². The van der Waals surface area contributed by atoms with Crippen LogP contribution in [0.3, 0.4) is 0 Å². The van der Waals surface area contributed by atoms with E-state index in [1.807, 2.05) is 24.3 Å². The number of benzene rings is 1. The Morgan fingerprint density at radius 1 is 1.45 bits per heavy atom. The fourth-order valence-corrected chi connectivity index (χ4v) is 3.23. The summed E-state index contributed by atoms with van der Waals surface area (Å²) in [4.78, 5) is 12.2. The van der Waals surface area contributed by atoms with Crippen LogP contribution >= 0.6 is 0 Å². The molecular formula is C17H23N3O2. The highest BCUT2D eigenvalue weighted by molar-refractivity contribution is 5.81. The zero-order chi connectivity index (χ0) is 15.6. The van der Waals surface area contributed by atoms with Crippen molar-refractivity contribution in [3.05, 3.63) is 30.5 Å². The van der Waals surface area contributed by atoms with Crippen molar-refractivity contribution >= 4 is 16.8 Å². The zero-order valence-electron chi connectivity index (χ0n) is 13.0. The highest BCUT2D eigenvalue weighted by Crippen LogP contribution is 2.35. The lowest BCUT2D eigenvalue weighted by Crippen LogP contribution is -2.45. The van der Waals surface area contributed by atoms with Crippen molar-refractivity contribution in [2.45, 2.75) is 45.3 Å². The van der Waals surface area contributed by atoms with Crippen LogP contribution in [0.15, 0.2) is 30.5 Å². The molecule has 2 N–H and O–H groups in total. The van der Waals surface area contributed by atoms with Crippen LogP contribution in [0.5, 0.6) is 0 Å². The Hall–Kier alpha value is -1.88. The molecule has 1 aliphatic rings. The predicted octanol–water partition coefficient (Wildman–Crippen LogP) is 2.09. The molecule has 1 heterocycles. The summed E-state index contributed by atoms with van der Waals surface area (Å²) in [5.74, 6) is -0.0622. The number of hydrogen-bond donors (Lipinski definition) is 2. The Bertz CT molecular complexity index is 667. The molecule has 2 aromatic rings. The monoisotopic (exact) mass is 301 g/mol. The van der Waals surface area contributed by atoms with Gasteiger partial charge in [0.1, 0.15) is 6.54 Å². The number of fused-ring (bicyclic) bond motifs is 1. The molecule has 3 rings (SSSR count). The molecule has 2 atom stereocenters. The molecule has 1 saturated carbocycles. The van der Waals surface area contributed by atoms with E-state index in [1.54, 1.807) is 10.9 Å². The smallest absolute Gasteiger partial charge is 0.241 e. The fourth-order valence-electron chi connectivity index (χ4n) is 3.23. The van der Waals surface area contributed by atoms with Crippen LogP contribution in [0.2, 0.25) is 0 Å². The molecule has 1 amide bonds. The number of aliphatic hydroxyl groups is 1. The number of hydrogen-bond acceptors (Lipinski definition) is 3. The van der Waals surface area contributed by atoms with Crippen LogP contribution in [0, 0.1) is 5.41 Å². The van der Waals surface area contributed by atoms with E-state index in [0.717, 1.165) is 36.6 Å². The zero-order valence-corrected chi connectivity index (χ0v) is 13.0. The highest BCUT2D eigenvalue weighted by atomic mass is 16.3. The molecule has 0 radical (unpaired) electrons. The number of aromatic nitrogens is 2. The second kappa shape index (κ2) is 6.08. The number of rotatable bonds is 4. The van der Waals surface area contributed by atoms with Gasteiger partial charge in [0.2, 0.25) is 5.91 Å². The fraction of sp³-hybridized carbons (Fsp3) is 0.529. The third-order valence-electron chi connectivity index (χ3n) is 4.81. The van der Waals surface area contributed by atoms with Crippen LogP contribution < -0.4 is 5.32 Å². The number of aliphatic hydroxyl groups excluding tert-OH is 1. The summed E-state index contributed by atoms with van der Waals surface area (Å²) < 4.78 is 1.71. The summed E-state index contributed by atoms with van der Waals surface area (Å²) in [5, 5.41) is 18.4. The van der Waals surface area contributed by atoms with Gasteiger partial charge in [-0.1, -0.05) is 38.0 Å². The van der Waals surface area contributed by atoms with Gasteiger partial charge in [-0.05, 0) is 18.9 Å². The van der Waals surface area contributed by atoms with Crippen LogP contribution in [-0.2, 0) is 11.3 Å². The van der Waals surface area contributed by atoms with Gasteiger partial charge in [-0.15, -0.1) is 0 Å². The Balaban J connectivity index is 1.61. The number of para-hydroxylation sites is 1. The van der Waals surface area contributed by atoms with Crippen molar-refractivity contribution in [2.24, 2.45) is 5.41 Å². The van der Waals surface area contributed by atoms with Gasteiger partial charge in [-0.2, -0.15) is 5.10 Å². The van der Waals surface area contributed by atoms with Gasteiger partial charge in [0.05, 0.1) is 17.8 Å². The number of carbonyl (C=O) groups excluding carboxylic acids is 1. The van der Waals surface area contributed by atoms with E-state index < -0.39 is 0 Å². The van der Waals surface area contributed by atoms with Gasteiger partial charge < -0.3 is 10.4 Å². The molecule has 1 fully saturated rings. The summed E-state index contributed by atoms with van der Waals surface area (Å²) in [7, 11) is 0. The average Bonchev–Trinajstić information content (AvgIpc) is 2.92. The summed E-state index contributed by atoms with van der Waals surface area (Å²) in [6.07, 6.45) is 5.42. The summed E-state index contributed by atoms with van der Waals surface area (Å²) in [5.41, 5.74) is 0.752. The van der Waals surface area contributed by atoms with Crippen LogP contribution in [-0.4, -0.2) is 33.4 Å². The van der Waals surface area contributed by atoms with Gasteiger partial charge in [0.25, 0.3) is 0 Å². The molecule has 5 nitrogen and oxygen atoms in total. The first-order valence-corrected chi connectivity index (χ1v) is 7.94. The first-order valence-electron chi connectivity index (χ1n) is 7.94. The Morgan fingerprint density at radius 2 is 2.27 bits per heavy atom. The number of amides is 1. The van der Waals surface area contributed by atoms with Crippen molar-refractivity contribution in [3.63, 3.8) is 0 Å². The molecule has 0 bridgehead atoms. The first kappa shape index (κ1) is 15.0. The summed E-state index contributed by atoms with van der Waals surface area (Å²) in [6.45, 7) is 2.78. The minimum absolute atomic E-state index is 0.0622. The van der Waals surface area contributed by atoms with E-state index in [4.69, 9.17) is 0 Å². The summed E-state index contributed by atoms with van der Waals surface area (Å²) in [6, 6.07) is 7.84. The van der Waals surface area contributed by atoms with Crippen LogP contribution in [0.4, 0.5) is 0 Å². The molecule has 0 aliphatic heterocycles. The van der Waals surface area contributed by atoms with Crippen molar-refractivity contribution in [2.75, 3.05) is 6.54 Å². The van der Waals surface area contributed by atoms with Crippen molar-refractivity contribution in [1.82, 2.24) is 15.1 Å². The first-order chi connectivity index (χ1) is 10.6. The number of carbonyl (C=O) groups is 1. The van der Waals surface area contributed by atoms with Gasteiger partial charge in [-0.3, -0.25) is 9.48 Å². The quantitative estimate of drug-likeness (QED) is 0.908. The van der Waals surface area contributed by atoms with E-state index in [-0.39, 0.29) is 24.0 Å². The van der Waals surface area contributed by atoms with E-state index in [0.29, 0.717) is 6.54 Å². The molecule has 0 saturated heterocycles. The lowest BCUT2D eigenvalue weighted by Gasteiger charge is -2.38. The summed E-state index contributed by atoms with van der Waals surface area (Å²) >= 11 is 0. The standard InChI is InChI=1S/C17H23N3O2/c1-17(9-5-4-8-15(17)21)12-18-16(22)11-20-14-7-3-2-6-13(14)10-19-20/h2-3,6-7,10,15,21H,4-5,8-9,11-12H2,1H3,(H,18,22)/t15-,17-/m1/s1. The number of nitrogens with one attached hydrogen (secondary N) is 1. The lowest BCUT2D eigenvalue weighted by molar-refractivity contribution is -0.123. The second-order valence-corrected chi connectivity index (χ2v) is 6.55. The maximum absolute atomic E-state index is 12.2. The van der Waals surface area contributed by atoms with Gasteiger partial charge in [0, 0.05) is 17.3 Å². The molecule has 5 heteroatoms. The SMILES string of the molecule is C[C@]1(CNC(=O)Cn2ncc3ccccc32)CCCC[C@H]1O. The Morgan fingerprint density at radius 3 is 3.09 bits per heavy atom. The molecular weight excluding hydrogens is 278 g/mol. The van der Waals surface area contributed by atoms with E-state index in [9.17, 15) is 9.90 Å². The molecule has 1 aliphatic carbocycles. The Labute approximate surface area is 130 Å². The lowest BCUT2D eigenvalue weighted by atomic mass is 9.73. The molecule has 118 valence electrons. The van der Waals surface area contributed by atoms with Crippen LogP contribution in [0.25, 0.3) is 10.9 Å². The maximum Gasteiger partial charge on any atom is 0.241 e. The van der Waals surface area contributed by atoms with E-state index in [2.05, 4.69) is 17.3 Å². The third kappa shape index (κ3) is 2.99. The highest BCUT2D eigenvalue weighted by Gasteiger charge is 2.35. The topological polar surface area (TPSA) is 67.2 Å². The van der Waals surface area contributed by atoms with Crippen molar-refractivity contribution in [3.8, 4) is 0 Å². The van der Waals surface area contributed by atoms with Gasteiger partial charge >= 0.3 is 0 Å². The average molecular weight is 301 g/mol. The van der Waals surface area contributed by atoms with E-state index >= 15 is 0 Å². The molecule has 22 heavy (non-hydrogen) atoms. The minimum atomic E-state index is -0.327. The van der Waals surface area contributed by atoms with Crippen molar-refractivity contribution in [1.29, 1.82) is 0 Å². The molecule has 0 spiro atoms. The van der Waals surface area contributed by atoms with E-state index in [1.165, 1.54) is 0 Å². The van der Waals surface area contributed by atoms with Crippen molar-refractivity contribution < 1.29 is 9.90 Å². The minimum Gasteiger partial charge on any atom is -0.392 e. The molecule has 1 aromatic heterocycles. The maximum atomic E-state index is 12.2. The molecule has 0 unspecified atom stereocenters.